The summed E-state index contributed by atoms with van der Waals surface area (Å²) in [5.41, 5.74) is 2.50. The van der Waals surface area contributed by atoms with Crippen LogP contribution in [0.15, 0.2) is 60.9 Å². The third-order valence-corrected chi connectivity index (χ3v) is 5.29. The van der Waals surface area contributed by atoms with Crippen LogP contribution in [0.2, 0.25) is 0 Å². The van der Waals surface area contributed by atoms with E-state index in [1.54, 1.807) is 31.4 Å². The molecule has 1 amide bonds. The molecule has 2 aromatic carbocycles. The van der Waals surface area contributed by atoms with E-state index < -0.39 is 0 Å². The Kier molecular flexibility index (Phi) is 5.62. The molecule has 0 bridgehead atoms. The molecule has 1 saturated carbocycles. The molecule has 0 aliphatic heterocycles. The van der Waals surface area contributed by atoms with Gasteiger partial charge in [0.05, 0.1) is 13.2 Å². The van der Waals surface area contributed by atoms with Gasteiger partial charge in [0, 0.05) is 37.2 Å². The summed E-state index contributed by atoms with van der Waals surface area (Å²) in [6.45, 7) is 0.722. The van der Waals surface area contributed by atoms with Crippen molar-refractivity contribution in [2.75, 3.05) is 12.4 Å². The highest BCUT2D eigenvalue weighted by Crippen LogP contribution is 2.40. The van der Waals surface area contributed by atoms with Crippen LogP contribution in [0, 0.1) is 5.92 Å². The van der Waals surface area contributed by atoms with E-state index in [4.69, 9.17) is 4.74 Å². The van der Waals surface area contributed by atoms with Gasteiger partial charge < -0.3 is 19.9 Å². The van der Waals surface area contributed by atoms with E-state index in [1.807, 2.05) is 37.6 Å². The Morgan fingerprint density at radius 1 is 1.24 bits per heavy atom. The van der Waals surface area contributed by atoms with Crippen LogP contribution in [0.1, 0.15) is 40.6 Å². The maximum Gasteiger partial charge on any atom is 0.255 e. The Labute approximate surface area is 170 Å². The number of imidazole rings is 1. The van der Waals surface area contributed by atoms with Crippen LogP contribution >= 0.6 is 0 Å². The van der Waals surface area contributed by atoms with Crippen LogP contribution in [0.3, 0.4) is 0 Å². The predicted molar refractivity (Wildman–Crippen MR) is 113 cm³/mol. The maximum atomic E-state index is 12.5. The first-order valence-corrected chi connectivity index (χ1v) is 9.89. The highest BCUT2D eigenvalue weighted by atomic mass is 16.5. The molecule has 0 spiro atoms. The van der Waals surface area contributed by atoms with E-state index >= 15 is 0 Å². The molecule has 150 valence electrons. The van der Waals surface area contributed by atoms with Gasteiger partial charge in [-0.2, -0.15) is 0 Å². The van der Waals surface area contributed by atoms with Gasteiger partial charge in [-0.1, -0.05) is 12.1 Å². The van der Waals surface area contributed by atoms with Gasteiger partial charge >= 0.3 is 0 Å². The average molecular weight is 390 g/mol. The highest BCUT2D eigenvalue weighted by molar-refractivity contribution is 6.04. The molecule has 1 aliphatic rings. The average Bonchev–Trinajstić information content (AvgIpc) is 3.50. The second-order valence-electron chi connectivity index (χ2n) is 7.48. The minimum Gasteiger partial charge on any atom is -0.497 e. The van der Waals surface area contributed by atoms with Crippen molar-refractivity contribution in [3.8, 4) is 5.75 Å². The van der Waals surface area contributed by atoms with E-state index in [1.165, 1.54) is 12.8 Å². The Bertz CT molecular complexity index is 977. The topological polar surface area (TPSA) is 68.2 Å². The van der Waals surface area contributed by atoms with Crippen LogP contribution in [0.4, 0.5) is 5.69 Å². The summed E-state index contributed by atoms with van der Waals surface area (Å²) in [6.07, 6.45) is 6.31. The van der Waals surface area contributed by atoms with Crippen molar-refractivity contribution in [1.82, 2.24) is 14.9 Å². The van der Waals surface area contributed by atoms with Crippen molar-refractivity contribution in [3.05, 3.63) is 77.9 Å². The fraction of sp³-hybridized carbons (Fsp3) is 0.304. The van der Waals surface area contributed by atoms with Crippen molar-refractivity contribution >= 4 is 11.6 Å². The number of benzene rings is 2. The van der Waals surface area contributed by atoms with Crippen molar-refractivity contribution in [3.63, 3.8) is 0 Å². The number of anilines is 1. The molecule has 6 nitrogen and oxygen atoms in total. The largest absolute Gasteiger partial charge is 0.497 e. The van der Waals surface area contributed by atoms with Crippen molar-refractivity contribution in [2.24, 2.45) is 13.0 Å². The van der Waals surface area contributed by atoms with Crippen LogP contribution < -0.4 is 15.4 Å². The summed E-state index contributed by atoms with van der Waals surface area (Å²) in [6, 6.07) is 15.3. The van der Waals surface area contributed by atoms with E-state index in [0.717, 1.165) is 29.4 Å². The van der Waals surface area contributed by atoms with E-state index in [0.29, 0.717) is 11.5 Å². The number of carbonyl (C=O) groups excluding carboxylic acids is 1. The van der Waals surface area contributed by atoms with Crippen molar-refractivity contribution in [2.45, 2.75) is 25.4 Å². The number of carbonyl (C=O) groups is 1. The van der Waals surface area contributed by atoms with E-state index in [2.05, 4.69) is 26.3 Å². The van der Waals surface area contributed by atoms with Gasteiger partial charge in [-0.3, -0.25) is 4.79 Å². The maximum absolute atomic E-state index is 12.5. The Morgan fingerprint density at radius 3 is 2.69 bits per heavy atom. The number of amides is 1. The molecule has 6 heteroatoms. The third kappa shape index (κ3) is 4.66. The molecule has 29 heavy (non-hydrogen) atoms. The lowest BCUT2D eigenvalue weighted by Gasteiger charge is -2.18. The minimum atomic E-state index is -0.137. The highest BCUT2D eigenvalue weighted by Gasteiger charge is 2.34. The third-order valence-electron chi connectivity index (χ3n) is 5.29. The number of methoxy groups -OCH3 is 1. The molecule has 1 aliphatic carbocycles. The van der Waals surface area contributed by atoms with Crippen molar-refractivity contribution in [1.29, 1.82) is 0 Å². The van der Waals surface area contributed by atoms with E-state index in [9.17, 15) is 4.79 Å². The molecule has 0 saturated heterocycles. The zero-order chi connectivity index (χ0) is 20.2. The summed E-state index contributed by atoms with van der Waals surface area (Å²) in [5.74, 6) is 2.32. The number of aryl methyl sites for hydroxylation is 1. The summed E-state index contributed by atoms with van der Waals surface area (Å²) in [5, 5.41) is 6.63. The summed E-state index contributed by atoms with van der Waals surface area (Å²) in [4.78, 5) is 17.0. The van der Waals surface area contributed by atoms with Crippen molar-refractivity contribution < 1.29 is 9.53 Å². The quantitative estimate of drug-likeness (QED) is 0.612. The summed E-state index contributed by atoms with van der Waals surface area (Å²) < 4.78 is 7.22. The van der Waals surface area contributed by atoms with E-state index in [-0.39, 0.29) is 11.9 Å². The Hall–Kier alpha value is -3.12. The Balaban J connectivity index is 1.40. The number of hydrogen-bond donors (Lipinski definition) is 2. The fourth-order valence-corrected chi connectivity index (χ4v) is 3.51. The van der Waals surface area contributed by atoms with Gasteiger partial charge in [0.15, 0.2) is 0 Å². The predicted octanol–water partition coefficient (Wildman–Crippen LogP) is 3.92. The molecular weight excluding hydrogens is 364 g/mol. The number of nitrogens with one attached hydrogen (secondary N) is 2. The van der Waals surface area contributed by atoms with Gasteiger partial charge in [0.25, 0.3) is 5.91 Å². The van der Waals surface area contributed by atoms with Gasteiger partial charge in [0.2, 0.25) is 0 Å². The lowest BCUT2D eigenvalue weighted by molar-refractivity contribution is 0.102. The zero-order valence-electron chi connectivity index (χ0n) is 16.8. The molecule has 3 aromatic rings. The smallest absolute Gasteiger partial charge is 0.255 e. The number of ether oxygens (including phenoxy) is 1. The second kappa shape index (κ2) is 8.49. The van der Waals surface area contributed by atoms with Gasteiger partial charge in [-0.05, 0) is 60.7 Å². The summed E-state index contributed by atoms with van der Waals surface area (Å²) >= 11 is 0. The molecule has 1 atom stereocenters. The number of rotatable bonds is 8. The molecule has 1 fully saturated rings. The van der Waals surface area contributed by atoms with Crippen LogP contribution in [-0.2, 0) is 13.6 Å². The first kappa shape index (κ1) is 19.2. The monoisotopic (exact) mass is 390 g/mol. The standard InChI is InChI=1S/C23H26N4O2/c1-27-13-12-24-22(27)21(17-6-7-17)25-15-16-4-3-5-19(14-16)26-23(28)18-8-10-20(29-2)11-9-18/h3-5,8-14,17,21,25H,6-7,15H2,1-2H3,(H,26,28). The Morgan fingerprint density at radius 2 is 2.03 bits per heavy atom. The lowest BCUT2D eigenvalue weighted by atomic mass is 10.1. The molecule has 0 radical (unpaired) electrons. The van der Waals surface area contributed by atoms with Crippen LogP contribution in [0.5, 0.6) is 5.75 Å². The first-order valence-electron chi connectivity index (χ1n) is 9.89. The summed E-state index contributed by atoms with van der Waals surface area (Å²) in [7, 11) is 3.64. The number of hydrogen-bond acceptors (Lipinski definition) is 4. The second-order valence-corrected chi connectivity index (χ2v) is 7.48. The minimum absolute atomic E-state index is 0.137. The first-order chi connectivity index (χ1) is 14.1. The molecule has 2 N–H and O–H groups in total. The molecule has 4 rings (SSSR count). The van der Waals surface area contributed by atoms with Gasteiger partial charge in [-0.25, -0.2) is 4.98 Å². The number of nitrogens with zero attached hydrogens (tertiary/aromatic N) is 2. The fourth-order valence-electron chi connectivity index (χ4n) is 3.51. The lowest BCUT2D eigenvalue weighted by Crippen LogP contribution is -2.25. The molecule has 1 heterocycles. The molecule has 1 unspecified atom stereocenters. The van der Waals surface area contributed by atoms with Gasteiger partial charge in [0.1, 0.15) is 11.6 Å². The molecular formula is C23H26N4O2. The normalized spacial score (nSPS) is 14.4. The number of aromatic nitrogens is 2. The van der Waals surface area contributed by atoms with Crippen LogP contribution in [0.25, 0.3) is 0 Å². The molecule has 1 aromatic heterocycles. The van der Waals surface area contributed by atoms with Crippen LogP contribution in [-0.4, -0.2) is 22.6 Å². The zero-order valence-corrected chi connectivity index (χ0v) is 16.8. The van der Waals surface area contributed by atoms with Gasteiger partial charge in [-0.15, -0.1) is 0 Å². The SMILES string of the molecule is COc1ccc(C(=O)Nc2cccc(CNC(c3nccn3C)C3CC3)c2)cc1.